The smallest absolute Gasteiger partial charge is 0.231 e. The second kappa shape index (κ2) is 6.48. The number of nitrogens with zero attached hydrogens (tertiary/aromatic N) is 1. The lowest BCUT2D eigenvalue weighted by Crippen LogP contribution is -2.47. The molecule has 1 amide bonds. The molecule has 21 heavy (non-hydrogen) atoms. The van der Waals surface area contributed by atoms with Crippen molar-refractivity contribution >= 4 is 17.7 Å². The molecule has 112 valence electrons. The Morgan fingerprint density at radius 3 is 2.81 bits per heavy atom. The number of halogens is 1. The molecule has 1 aromatic rings. The van der Waals surface area contributed by atoms with E-state index in [9.17, 15) is 14.4 Å². The minimum atomic E-state index is -0.765. The predicted molar refractivity (Wildman–Crippen MR) is 82.2 cm³/mol. The Balaban J connectivity index is 1.87. The Morgan fingerprint density at radius 1 is 1.57 bits per heavy atom. The zero-order chi connectivity index (χ0) is 15.5. The first kappa shape index (κ1) is 15.8. The van der Waals surface area contributed by atoms with Crippen molar-refractivity contribution in [2.75, 3.05) is 5.75 Å². The van der Waals surface area contributed by atoms with Crippen molar-refractivity contribution in [1.82, 2.24) is 5.32 Å². The number of nitriles is 1. The third kappa shape index (κ3) is 3.98. The number of carbonyl (C=O) groups is 1. The molecule has 1 aliphatic rings. The van der Waals surface area contributed by atoms with E-state index in [1.807, 2.05) is 6.92 Å². The van der Waals surface area contributed by atoms with Crippen molar-refractivity contribution < 1.29 is 9.18 Å². The largest absolute Gasteiger partial charge is 0.337 e. The minimum absolute atomic E-state index is 0.105. The fourth-order valence-electron chi connectivity index (χ4n) is 2.30. The fraction of sp³-hybridized carbons (Fsp3) is 0.500. The number of amides is 1. The van der Waals surface area contributed by atoms with Gasteiger partial charge in [-0.15, -0.1) is 11.8 Å². The minimum Gasteiger partial charge on any atom is -0.337 e. The van der Waals surface area contributed by atoms with Crippen molar-refractivity contribution in [1.29, 1.82) is 5.26 Å². The SMILES string of the molecule is C[C@H](SCC(=O)N[C@@](C)(C#N)C1CC1)c1ccccc1F. The Bertz CT molecular complexity index is 568. The molecule has 0 spiro atoms. The molecule has 1 fully saturated rings. The molecule has 1 aromatic carbocycles. The van der Waals surface area contributed by atoms with E-state index in [2.05, 4.69) is 11.4 Å². The summed E-state index contributed by atoms with van der Waals surface area (Å²) in [6, 6.07) is 8.79. The summed E-state index contributed by atoms with van der Waals surface area (Å²) in [5.41, 5.74) is -0.167. The topological polar surface area (TPSA) is 52.9 Å². The van der Waals surface area contributed by atoms with Crippen LogP contribution in [-0.4, -0.2) is 17.2 Å². The molecule has 0 aliphatic heterocycles. The summed E-state index contributed by atoms with van der Waals surface area (Å²) in [6.45, 7) is 3.65. The molecular formula is C16H19FN2OS. The van der Waals surface area contributed by atoms with Crippen molar-refractivity contribution in [3.8, 4) is 6.07 Å². The number of carbonyl (C=O) groups excluding carboxylic acids is 1. The summed E-state index contributed by atoms with van der Waals surface area (Å²) >= 11 is 1.37. The zero-order valence-electron chi connectivity index (χ0n) is 12.2. The van der Waals surface area contributed by atoms with E-state index in [-0.39, 0.29) is 28.6 Å². The van der Waals surface area contributed by atoms with E-state index >= 15 is 0 Å². The van der Waals surface area contributed by atoms with Crippen LogP contribution in [0.2, 0.25) is 0 Å². The standard InChI is InChI=1S/C16H19FN2OS/c1-11(13-5-3-4-6-14(13)17)21-9-15(20)19-16(2,10-18)12-7-8-12/h3-6,11-12H,7-9H2,1-2H3,(H,19,20)/t11-,16-/m0/s1. The van der Waals surface area contributed by atoms with Gasteiger partial charge in [-0.25, -0.2) is 4.39 Å². The molecule has 1 N–H and O–H groups in total. The van der Waals surface area contributed by atoms with Gasteiger partial charge in [0.25, 0.3) is 0 Å². The molecule has 5 heteroatoms. The molecule has 0 heterocycles. The Kier molecular flexibility index (Phi) is 4.89. The summed E-state index contributed by atoms with van der Waals surface area (Å²) in [7, 11) is 0. The van der Waals surface area contributed by atoms with Crippen molar-refractivity contribution in [2.45, 2.75) is 37.5 Å². The van der Waals surface area contributed by atoms with Crippen LogP contribution in [0.15, 0.2) is 24.3 Å². The molecule has 1 saturated carbocycles. The highest BCUT2D eigenvalue weighted by Gasteiger charge is 2.42. The average Bonchev–Trinajstić information content (AvgIpc) is 3.30. The maximum absolute atomic E-state index is 13.6. The van der Waals surface area contributed by atoms with E-state index in [4.69, 9.17) is 0 Å². The Morgan fingerprint density at radius 2 is 2.24 bits per heavy atom. The zero-order valence-corrected chi connectivity index (χ0v) is 13.0. The summed E-state index contributed by atoms with van der Waals surface area (Å²) in [5.74, 6) is 0.0665. The van der Waals surface area contributed by atoms with Crippen LogP contribution in [0.25, 0.3) is 0 Å². The third-order valence-electron chi connectivity index (χ3n) is 3.83. The van der Waals surface area contributed by atoms with Gasteiger partial charge in [0.1, 0.15) is 11.4 Å². The number of thioether (sulfide) groups is 1. The maximum Gasteiger partial charge on any atom is 0.231 e. The van der Waals surface area contributed by atoms with Gasteiger partial charge in [0.05, 0.1) is 11.8 Å². The van der Waals surface area contributed by atoms with E-state index in [0.29, 0.717) is 5.56 Å². The van der Waals surface area contributed by atoms with E-state index < -0.39 is 5.54 Å². The number of hydrogen-bond acceptors (Lipinski definition) is 3. The molecule has 1 aliphatic carbocycles. The normalized spacial score (nSPS) is 18.4. The highest BCUT2D eigenvalue weighted by Crippen LogP contribution is 2.39. The first-order valence-electron chi connectivity index (χ1n) is 7.04. The second-order valence-electron chi connectivity index (χ2n) is 5.61. The molecule has 0 saturated heterocycles. The first-order valence-corrected chi connectivity index (χ1v) is 8.09. The lowest BCUT2D eigenvalue weighted by atomic mass is 9.98. The maximum atomic E-state index is 13.6. The van der Waals surface area contributed by atoms with E-state index in [1.54, 1.807) is 25.1 Å². The van der Waals surface area contributed by atoms with Gasteiger partial charge in [-0.2, -0.15) is 5.26 Å². The molecular weight excluding hydrogens is 287 g/mol. The molecule has 0 radical (unpaired) electrons. The van der Waals surface area contributed by atoms with Crippen LogP contribution in [0.1, 0.15) is 37.5 Å². The molecule has 2 atom stereocenters. The van der Waals surface area contributed by atoms with Gasteiger partial charge in [0.2, 0.25) is 5.91 Å². The lowest BCUT2D eigenvalue weighted by molar-refractivity contribution is -0.119. The van der Waals surface area contributed by atoms with Gasteiger partial charge in [-0.1, -0.05) is 18.2 Å². The average molecular weight is 306 g/mol. The highest BCUT2D eigenvalue weighted by molar-refractivity contribution is 8.00. The van der Waals surface area contributed by atoms with Gasteiger partial charge in [-0.05, 0) is 38.7 Å². The summed E-state index contributed by atoms with van der Waals surface area (Å²) in [6.07, 6.45) is 1.98. The van der Waals surface area contributed by atoms with Crippen LogP contribution in [0.3, 0.4) is 0 Å². The van der Waals surface area contributed by atoms with Crippen LogP contribution in [0.4, 0.5) is 4.39 Å². The van der Waals surface area contributed by atoms with E-state index in [1.165, 1.54) is 17.8 Å². The van der Waals surface area contributed by atoms with Crippen molar-refractivity contribution in [3.05, 3.63) is 35.6 Å². The highest BCUT2D eigenvalue weighted by atomic mass is 32.2. The van der Waals surface area contributed by atoms with E-state index in [0.717, 1.165) is 12.8 Å². The Hall–Kier alpha value is -1.54. The molecule has 2 rings (SSSR count). The lowest BCUT2D eigenvalue weighted by Gasteiger charge is -2.23. The quantitative estimate of drug-likeness (QED) is 0.876. The fourth-order valence-corrected chi connectivity index (χ4v) is 3.15. The van der Waals surface area contributed by atoms with Crippen LogP contribution in [0, 0.1) is 23.1 Å². The predicted octanol–water partition coefficient (Wildman–Crippen LogP) is 3.43. The van der Waals surface area contributed by atoms with Crippen LogP contribution in [0.5, 0.6) is 0 Å². The second-order valence-corrected chi connectivity index (χ2v) is 6.94. The molecule has 0 bridgehead atoms. The first-order chi connectivity index (χ1) is 9.96. The number of rotatable bonds is 6. The Labute approximate surface area is 128 Å². The van der Waals surface area contributed by atoms with Gasteiger partial charge in [0.15, 0.2) is 0 Å². The van der Waals surface area contributed by atoms with Gasteiger partial charge >= 0.3 is 0 Å². The number of hydrogen-bond donors (Lipinski definition) is 1. The van der Waals surface area contributed by atoms with Gasteiger partial charge in [-0.3, -0.25) is 4.79 Å². The van der Waals surface area contributed by atoms with Crippen LogP contribution in [-0.2, 0) is 4.79 Å². The molecule has 0 aromatic heterocycles. The number of benzene rings is 1. The van der Waals surface area contributed by atoms with Crippen molar-refractivity contribution in [3.63, 3.8) is 0 Å². The summed E-state index contributed by atoms with van der Waals surface area (Å²) < 4.78 is 13.6. The van der Waals surface area contributed by atoms with Crippen LogP contribution >= 0.6 is 11.8 Å². The third-order valence-corrected chi connectivity index (χ3v) is 5.02. The van der Waals surface area contributed by atoms with Crippen molar-refractivity contribution in [2.24, 2.45) is 5.92 Å². The van der Waals surface area contributed by atoms with Crippen LogP contribution < -0.4 is 5.32 Å². The van der Waals surface area contributed by atoms with Gasteiger partial charge in [0, 0.05) is 10.8 Å². The molecule has 3 nitrogen and oxygen atoms in total. The van der Waals surface area contributed by atoms with Gasteiger partial charge < -0.3 is 5.32 Å². The monoisotopic (exact) mass is 306 g/mol. The summed E-state index contributed by atoms with van der Waals surface area (Å²) in [4.78, 5) is 12.0. The summed E-state index contributed by atoms with van der Waals surface area (Å²) in [5, 5.41) is 11.9. The number of nitrogens with one attached hydrogen (secondary N) is 1. The molecule has 0 unspecified atom stereocenters.